The fourth-order valence-corrected chi connectivity index (χ4v) is 2.01. The van der Waals surface area contributed by atoms with E-state index in [0.29, 0.717) is 22.3 Å². The highest BCUT2D eigenvalue weighted by atomic mass is 79.9. The maximum Gasteiger partial charge on any atom is 0.144 e. The zero-order valence-electron chi connectivity index (χ0n) is 10.4. The predicted octanol–water partition coefficient (Wildman–Crippen LogP) is 4.26. The van der Waals surface area contributed by atoms with Gasteiger partial charge in [0.05, 0.1) is 24.9 Å². The molecule has 0 atom stereocenters. The molecular weight excluding hydrogens is 332 g/mol. The highest BCUT2D eigenvalue weighted by Gasteiger charge is 2.10. The Balaban J connectivity index is 2.35. The Morgan fingerprint density at radius 1 is 1.16 bits per heavy atom. The van der Waals surface area contributed by atoms with Crippen molar-refractivity contribution < 1.29 is 9.47 Å². The SMILES string of the molecule is COc1cc(Nc2ccc(Br)cn2)c(OC)cc1Cl. The summed E-state index contributed by atoms with van der Waals surface area (Å²) in [6.45, 7) is 0. The van der Waals surface area contributed by atoms with Crippen LogP contribution in [0.15, 0.2) is 34.9 Å². The number of halogens is 2. The minimum Gasteiger partial charge on any atom is -0.495 e. The molecule has 0 saturated heterocycles. The van der Waals surface area contributed by atoms with Gasteiger partial charge in [-0.3, -0.25) is 0 Å². The molecule has 6 heteroatoms. The first-order valence-corrected chi connectivity index (χ1v) is 6.61. The van der Waals surface area contributed by atoms with E-state index in [0.717, 1.165) is 10.2 Å². The highest BCUT2D eigenvalue weighted by molar-refractivity contribution is 9.10. The van der Waals surface area contributed by atoms with Crippen molar-refractivity contribution in [2.24, 2.45) is 0 Å². The number of benzene rings is 1. The normalized spacial score (nSPS) is 10.1. The summed E-state index contributed by atoms with van der Waals surface area (Å²) in [4.78, 5) is 4.24. The van der Waals surface area contributed by atoms with E-state index in [2.05, 4.69) is 26.2 Å². The molecule has 1 aromatic heterocycles. The zero-order chi connectivity index (χ0) is 13.8. The van der Waals surface area contributed by atoms with Gasteiger partial charge in [0.15, 0.2) is 0 Å². The highest BCUT2D eigenvalue weighted by Crippen LogP contribution is 2.37. The third kappa shape index (κ3) is 3.30. The van der Waals surface area contributed by atoms with E-state index < -0.39 is 0 Å². The van der Waals surface area contributed by atoms with Gasteiger partial charge in [-0.2, -0.15) is 0 Å². The summed E-state index contributed by atoms with van der Waals surface area (Å²) < 4.78 is 11.4. The lowest BCUT2D eigenvalue weighted by atomic mass is 10.2. The van der Waals surface area contributed by atoms with Crippen LogP contribution < -0.4 is 14.8 Å². The van der Waals surface area contributed by atoms with E-state index in [1.807, 2.05) is 12.1 Å². The fraction of sp³-hybridized carbons (Fsp3) is 0.154. The van der Waals surface area contributed by atoms with Crippen LogP contribution in [0.1, 0.15) is 0 Å². The van der Waals surface area contributed by atoms with Crippen molar-refractivity contribution in [2.75, 3.05) is 19.5 Å². The van der Waals surface area contributed by atoms with Gasteiger partial charge in [-0.1, -0.05) is 11.6 Å². The molecule has 0 saturated carbocycles. The van der Waals surface area contributed by atoms with Gasteiger partial charge in [0, 0.05) is 22.8 Å². The Hall–Kier alpha value is -1.46. The van der Waals surface area contributed by atoms with Gasteiger partial charge in [0.1, 0.15) is 17.3 Å². The number of pyridine rings is 1. The summed E-state index contributed by atoms with van der Waals surface area (Å²) in [5, 5.41) is 3.65. The first kappa shape index (κ1) is 14.0. The summed E-state index contributed by atoms with van der Waals surface area (Å²) in [6.07, 6.45) is 1.71. The molecule has 0 aliphatic rings. The van der Waals surface area contributed by atoms with Crippen LogP contribution >= 0.6 is 27.5 Å². The quantitative estimate of drug-likeness (QED) is 0.901. The molecule has 0 bridgehead atoms. The molecule has 2 aromatic rings. The number of hydrogen-bond donors (Lipinski definition) is 1. The second-order valence-electron chi connectivity index (χ2n) is 3.67. The average molecular weight is 344 g/mol. The van der Waals surface area contributed by atoms with Crippen LogP contribution in [0.5, 0.6) is 11.5 Å². The van der Waals surface area contributed by atoms with Crippen molar-refractivity contribution in [1.82, 2.24) is 4.98 Å². The lowest BCUT2D eigenvalue weighted by Crippen LogP contribution is -1.97. The number of nitrogens with one attached hydrogen (secondary N) is 1. The number of aromatic nitrogens is 1. The molecule has 2 rings (SSSR count). The number of rotatable bonds is 4. The van der Waals surface area contributed by atoms with Gasteiger partial charge in [-0.15, -0.1) is 0 Å². The van der Waals surface area contributed by atoms with Gasteiger partial charge in [-0.25, -0.2) is 4.98 Å². The number of ether oxygens (including phenoxy) is 2. The minimum atomic E-state index is 0.494. The molecular formula is C13H12BrClN2O2. The molecule has 1 heterocycles. The lowest BCUT2D eigenvalue weighted by Gasteiger charge is -2.13. The topological polar surface area (TPSA) is 43.4 Å². The van der Waals surface area contributed by atoms with E-state index >= 15 is 0 Å². The Kier molecular flexibility index (Phi) is 4.50. The molecule has 1 N–H and O–H groups in total. The largest absolute Gasteiger partial charge is 0.495 e. The maximum atomic E-state index is 6.05. The molecule has 1 aromatic carbocycles. The summed E-state index contributed by atoms with van der Waals surface area (Å²) in [5.74, 6) is 1.89. The fourth-order valence-electron chi connectivity index (χ4n) is 1.55. The molecule has 0 aliphatic carbocycles. The van der Waals surface area contributed by atoms with Crippen molar-refractivity contribution in [2.45, 2.75) is 0 Å². The third-order valence-corrected chi connectivity index (χ3v) is 3.23. The molecule has 100 valence electrons. The second-order valence-corrected chi connectivity index (χ2v) is 5.00. The van der Waals surface area contributed by atoms with Crippen molar-refractivity contribution in [3.05, 3.63) is 40.0 Å². The number of nitrogens with zero attached hydrogens (tertiary/aromatic N) is 1. The lowest BCUT2D eigenvalue weighted by molar-refractivity contribution is 0.405. The standard InChI is InChI=1S/C13H12BrClN2O2/c1-18-11-6-10(12(19-2)5-9(11)15)17-13-4-3-8(14)7-16-13/h3-7H,1-2H3,(H,16,17). The molecule has 0 radical (unpaired) electrons. The predicted molar refractivity (Wildman–Crippen MR) is 79.8 cm³/mol. The Labute approximate surface area is 124 Å². The van der Waals surface area contributed by atoms with E-state index in [9.17, 15) is 0 Å². The minimum absolute atomic E-state index is 0.494. The van der Waals surface area contributed by atoms with Gasteiger partial charge in [0.25, 0.3) is 0 Å². The Morgan fingerprint density at radius 2 is 1.89 bits per heavy atom. The molecule has 0 unspecified atom stereocenters. The molecule has 19 heavy (non-hydrogen) atoms. The van der Waals surface area contributed by atoms with Crippen LogP contribution in [0, 0.1) is 0 Å². The van der Waals surface area contributed by atoms with Gasteiger partial charge < -0.3 is 14.8 Å². The first-order valence-electron chi connectivity index (χ1n) is 5.44. The van der Waals surface area contributed by atoms with Gasteiger partial charge in [-0.05, 0) is 28.1 Å². The van der Waals surface area contributed by atoms with E-state index in [-0.39, 0.29) is 0 Å². The Bertz CT molecular complexity index is 576. The van der Waals surface area contributed by atoms with Crippen LogP contribution in [0.25, 0.3) is 0 Å². The third-order valence-electron chi connectivity index (χ3n) is 2.46. The van der Waals surface area contributed by atoms with Crippen molar-refractivity contribution in [3.63, 3.8) is 0 Å². The van der Waals surface area contributed by atoms with Crippen LogP contribution in [-0.2, 0) is 0 Å². The molecule has 0 aliphatic heterocycles. The van der Waals surface area contributed by atoms with Crippen LogP contribution in [-0.4, -0.2) is 19.2 Å². The first-order chi connectivity index (χ1) is 9.13. The smallest absolute Gasteiger partial charge is 0.144 e. The van der Waals surface area contributed by atoms with Crippen molar-refractivity contribution in [1.29, 1.82) is 0 Å². The number of anilines is 2. The van der Waals surface area contributed by atoms with Crippen LogP contribution in [0.3, 0.4) is 0 Å². The van der Waals surface area contributed by atoms with E-state index in [1.165, 1.54) is 0 Å². The number of hydrogen-bond acceptors (Lipinski definition) is 4. The zero-order valence-corrected chi connectivity index (χ0v) is 12.7. The summed E-state index contributed by atoms with van der Waals surface area (Å²) >= 11 is 9.39. The average Bonchev–Trinajstić information content (AvgIpc) is 2.42. The van der Waals surface area contributed by atoms with Crippen molar-refractivity contribution >= 4 is 39.0 Å². The maximum absolute atomic E-state index is 6.05. The second kappa shape index (κ2) is 6.12. The molecule has 4 nitrogen and oxygen atoms in total. The molecule has 0 amide bonds. The van der Waals surface area contributed by atoms with Crippen molar-refractivity contribution in [3.8, 4) is 11.5 Å². The van der Waals surface area contributed by atoms with Crippen LogP contribution in [0.2, 0.25) is 5.02 Å². The van der Waals surface area contributed by atoms with Gasteiger partial charge in [0.2, 0.25) is 0 Å². The molecule has 0 fully saturated rings. The summed E-state index contributed by atoms with van der Waals surface area (Å²) in [6, 6.07) is 7.21. The summed E-state index contributed by atoms with van der Waals surface area (Å²) in [7, 11) is 3.15. The Morgan fingerprint density at radius 3 is 2.47 bits per heavy atom. The van der Waals surface area contributed by atoms with Gasteiger partial charge >= 0.3 is 0 Å². The number of methoxy groups -OCH3 is 2. The summed E-state index contributed by atoms with van der Waals surface area (Å²) in [5.41, 5.74) is 0.735. The van der Waals surface area contributed by atoms with E-state index in [1.54, 1.807) is 32.5 Å². The monoisotopic (exact) mass is 342 g/mol. The van der Waals surface area contributed by atoms with Crippen LogP contribution in [0.4, 0.5) is 11.5 Å². The molecule has 0 spiro atoms. The van der Waals surface area contributed by atoms with E-state index in [4.69, 9.17) is 21.1 Å².